The zero-order valence-corrected chi connectivity index (χ0v) is 10.7. The topological polar surface area (TPSA) is 69.6 Å². The van der Waals surface area contributed by atoms with Crippen LogP contribution >= 0.6 is 11.6 Å². The van der Waals surface area contributed by atoms with Gasteiger partial charge in [0.25, 0.3) is 0 Å². The Morgan fingerprint density at radius 1 is 1.47 bits per heavy atom. The Balaban J connectivity index is 2.00. The van der Waals surface area contributed by atoms with E-state index in [2.05, 4.69) is 5.32 Å². The molecule has 0 radical (unpaired) electrons. The molecule has 1 atom stereocenters. The van der Waals surface area contributed by atoms with Crippen LogP contribution in [0.3, 0.4) is 0 Å². The minimum atomic E-state index is -0.865. The number of hydrogen-bond acceptors (Lipinski definition) is 3. The summed E-state index contributed by atoms with van der Waals surface area (Å²) >= 11 is 5.51. The van der Waals surface area contributed by atoms with Crippen LogP contribution in [-0.2, 0) is 9.59 Å². The third-order valence-corrected chi connectivity index (χ3v) is 3.13. The summed E-state index contributed by atoms with van der Waals surface area (Å²) in [6.07, 6.45) is -0.140. The lowest BCUT2D eigenvalue weighted by molar-refractivity contribution is -0.142. The van der Waals surface area contributed by atoms with E-state index in [9.17, 15) is 19.1 Å². The first-order valence-corrected chi connectivity index (χ1v) is 6.08. The van der Waals surface area contributed by atoms with Gasteiger partial charge in [-0.15, -0.1) is 0 Å². The highest BCUT2D eigenvalue weighted by Crippen LogP contribution is 2.19. The summed E-state index contributed by atoms with van der Waals surface area (Å²) in [7, 11) is 0. The van der Waals surface area contributed by atoms with Gasteiger partial charge < -0.3 is 15.3 Å². The Morgan fingerprint density at radius 2 is 2.21 bits per heavy atom. The molecule has 1 heterocycles. The van der Waals surface area contributed by atoms with Crippen molar-refractivity contribution >= 4 is 29.1 Å². The van der Waals surface area contributed by atoms with Crippen molar-refractivity contribution in [2.75, 3.05) is 18.4 Å². The van der Waals surface area contributed by atoms with Crippen LogP contribution in [0.1, 0.15) is 6.42 Å². The van der Waals surface area contributed by atoms with Crippen LogP contribution in [0.4, 0.5) is 10.1 Å². The molecule has 1 aromatic carbocycles. The standard InChI is InChI=1S/C12H12ClFN2O3/c13-9-2-1-7(5-10(9)14)15-11(18)12(19)16-4-3-8(17)6-16/h1-2,5,8,17H,3-4,6H2,(H,15,18)/t8-/m1/s1. The van der Waals surface area contributed by atoms with Gasteiger partial charge in [-0.1, -0.05) is 11.6 Å². The van der Waals surface area contributed by atoms with Crippen LogP contribution in [0.5, 0.6) is 0 Å². The normalized spacial score (nSPS) is 18.5. The van der Waals surface area contributed by atoms with E-state index < -0.39 is 23.7 Å². The van der Waals surface area contributed by atoms with E-state index in [1.807, 2.05) is 0 Å². The van der Waals surface area contributed by atoms with E-state index in [-0.39, 0.29) is 17.3 Å². The number of amides is 2. The highest BCUT2D eigenvalue weighted by molar-refractivity contribution is 6.39. The number of β-amino-alcohol motifs (C(OH)–C–C–N with tert-alkyl or cyclic N) is 1. The number of hydrogen-bond donors (Lipinski definition) is 2. The third-order valence-electron chi connectivity index (χ3n) is 2.82. The summed E-state index contributed by atoms with van der Waals surface area (Å²) in [6.45, 7) is 0.476. The molecule has 1 saturated heterocycles. The second kappa shape index (κ2) is 5.54. The SMILES string of the molecule is O=C(Nc1ccc(Cl)c(F)c1)C(=O)N1CC[C@@H](O)C1. The Labute approximate surface area is 114 Å². The van der Waals surface area contributed by atoms with Crippen LogP contribution < -0.4 is 5.32 Å². The molecule has 2 rings (SSSR count). The quantitative estimate of drug-likeness (QED) is 0.757. The molecule has 2 N–H and O–H groups in total. The first kappa shape index (κ1) is 13.8. The molecular weight excluding hydrogens is 275 g/mol. The number of rotatable bonds is 1. The molecule has 0 bridgehead atoms. The van der Waals surface area contributed by atoms with Crippen LogP contribution in [0.2, 0.25) is 5.02 Å². The first-order valence-electron chi connectivity index (χ1n) is 5.71. The molecule has 0 saturated carbocycles. The van der Waals surface area contributed by atoms with Crippen molar-refractivity contribution in [2.45, 2.75) is 12.5 Å². The molecule has 7 heteroatoms. The number of aliphatic hydroxyl groups excluding tert-OH is 1. The maximum Gasteiger partial charge on any atom is 0.313 e. The summed E-state index contributed by atoms with van der Waals surface area (Å²) in [4.78, 5) is 24.6. The van der Waals surface area contributed by atoms with Gasteiger partial charge in [0.1, 0.15) is 5.82 Å². The van der Waals surface area contributed by atoms with Gasteiger partial charge in [-0.05, 0) is 24.6 Å². The molecule has 102 valence electrons. The predicted molar refractivity (Wildman–Crippen MR) is 67.2 cm³/mol. The molecule has 0 aromatic heterocycles. The molecule has 2 amide bonds. The van der Waals surface area contributed by atoms with Crippen LogP contribution in [0.15, 0.2) is 18.2 Å². The maximum absolute atomic E-state index is 13.2. The van der Waals surface area contributed by atoms with Gasteiger partial charge in [-0.2, -0.15) is 0 Å². The average molecular weight is 287 g/mol. The molecule has 5 nitrogen and oxygen atoms in total. The summed E-state index contributed by atoms with van der Waals surface area (Å²) in [5, 5.41) is 11.5. The fourth-order valence-electron chi connectivity index (χ4n) is 1.83. The Morgan fingerprint density at radius 3 is 2.79 bits per heavy atom. The zero-order valence-electron chi connectivity index (χ0n) is 9.90. The van der Waals surface area contributed by atoms with Crippen LogP contribution in [0, 0.1) is 5.82 Å². The van der Waals surface area contributed by atoms with Crippen LogP contribution in [-0.4, -0.2) is 41.0 Å². The number of benzene rings is 1. The monoisotopic (exact) mass is 286 g/mol. The molecule has 0 unspecified atom stereocenters. The molecule has 1 aromatic rings. The van der Waals surface area contributed by atoms with E-state index in [0.29, 0.717) is 13.0 Å². The highest BCUT2D eigenvalue weighted by Gasteiger charge is 2.28. The largest absolute Gasteiger partial charge is 0.391 e. The van der Waals surface area contributed by atoms with Crippen molar-refractivity contribution in [3.63, 3.8) is 0 Å². The van der Waals surface area contributed by atoms with Crippen molar-refractivity contribution in [3.8, 4) is 0 Å². The van der Waals surface area contributed by atoms with Crippen molar-refractivity contribution in [3.05, 3.63) is 29.0 Å². The van der Waals surface area contributed by atoms with Gasteiger partial charge in [-0.3, -0.25) is 9.59 Å². The molecule has 19 heavy (non-hydrogen) atoms. The van der Waals surface area contributed by atoms with E-state index in [4.69, 9.17) is 11.6 Å². The zero-order chi connectivity index (χ0) is 14.0. The second-order valence-electron chi connectivity index (χ2n) is 4.28. The highest BCUT2D eigenvalue weighted by atomic mass is 35.5. The summed E-state index contributed by atoms with van der Waals surface area (Å²) in [5.74, 6) is -2.29. The fourth-order valence-corrected chi connectivity index (χ4v) is 1.95. The third kappa shape index (κ3) is 3.21. The molecule has 1 aliphatic heterocycles. The van der Waals surface area contributed by atoms with Gasteiger partial charge in [-0.25, -0.2) is 4.39 Å². The number of carbonyl (C=O) groups is 2. The smallest absolute Gasteiger partial charge is 0.313 e. The average Bonchev–Trinajstić information content (AvgIpc) is 2.79. The lowest BCUT2D eigenvalue weighted by Crippen LogP contribution is -2.38. The number of carbonyl (C=O) groups excluding carboxylic acids is 2. The predicted octanol–water partition coefficient (Wildman–Crippen LogP) is 1.01. The first-order chi connectivity index (χ1) is 8.97. The van der Waals surface area contributed by atoms with E-state index in [1.54, 1.807) is 0 Å². The minimum Gasteiger partial charge on any atom is -0.391 e. The number of nitrogens with one attached hydrogen (secondary N) is 1. The second-order valence-corrected chi connectivity index (χ2v) is 4.68. The fraction of sp³-hybridized carbons (Fsp3) is 0.333. The number of likely N-dealkylation sites (tertiary alicyclic amines) is 1. The summed E-state index contributed by atoms with van der Waals surface area (Å²) in [6, 6.07) is 3.72. The van der Waals surface area contributed by atoms with Crippen molar-refractivity contribution < 1.29 is 19.1 Å². The Kier molecular flexibility index (Phi) is 4.01. The Bertz CT molecular complexity index is 524. The summed E-state index contributed by atoms with van der Waals surface area (Å²) in [5.41, 5.74) is 0.153. The lowest BCUT2D eigenvalue weighted by atomic mass is 10.3. The molecule has 0 aliphatic carbocycles. The number of halogens is 2. The number of anilines is 1. The molecule has 1 fully saturated rings. The van der Waals surface area contributed by atoms with Gasteiger partial charge in [0.05, 0.1) is 11.1 Å². The number of aliphatic hydroxyl groups is 1. The maximum atomic E-state index is 13.2. The van der Waals surface area contributed by atoms with Crippen molar-refractivity contribution in [1.82, 2.24) is 4.90 Å². The molecular formula is C12H12ClFN2O3. The van der Waals surface area contributed by atoms with Gasteiger partial charge in [0.15, 0.2) is 0 Å². The van der Waals surface area contributed by atoms with E-state index in [0.717, 1.165) is 6.07 Å². The van der Waals surface area contributed by atoms with Crippen molar-refractivity contribution in [2.24, 2.45) is 0 Å². The minimum absolute atomic E-state index is 0.0630. The van der Waals surface area contributed by atoms with E-state index in [1.165, 1.54) is 17.0 Å². The number of nitrogens with zero attached hydrogens (tertiary/aromatic N) is 1. The van der Waals surface area contributed by atoms with E-state index >= 15 is 0 Å². The van der Waals surface area contributed by atoms with Gasteiger partial charge in [0, 0.05) is 18.8 Å². The van der Waals surface area contributed by atoms with Gasteiger partial charge in [0.2, 0.25) is 0 Å². The van der Waals surface area contributed by atoms with Crippen molar-refractivity contribution in [1.29, 1.82) is 0 Å². The lowest BCUT2D eigenvalue weighted by Gasteiger charge is -2.14. The summed E-state index contributed by atoms with van der Waals surface area (Å²) < 4.78 is 13.2. The molecule has 1 aliphatic rings. The Hall–Kier alpha value is -1.66. The van der Waals surface area contributed by atoms with Gasteiger partial charge >= 0.3 is 11.8 Å². The molecule has 0 spiro atoms. The van der Waals surface area contributed by atoms with Crippen LogP contribution in [0.25, 0.3) is 0 Å².